The Kier molecular flexibility index (Phi) is 5.25. The Morgan fingerprint density at radius 3 is 2.33 bits per heavy atom. The Morgan fingerprint density at radius 2 is 1.77 bits per heavy atom. The number of hydrogen-bond donors (Lipinski definition) is 3. The van der Waals surface area contributed by atoms with Crippen LogP contribution in [0.1, 0.15) is 45.4 Å². The molecule has 4 fully saturated rings. The van der Waals surface area contributed by atoms with Gasteiger partial charge in [-0.25, -0.2) is 9.59 Å². The second-order valence-electron chi connectivity index (χ2n) is 9.01. The number of amides is 3. The zero-order valence-electron chi connectivity index (χ0n) is 16.8. The third-order valence-corrected chi connectivity index (χ3v) is 6.53. The average Bonchev–Trinajstić information content (AvgIpc) is 2.62. The minimum absolute atomic E-state index is 0.232. The molecule has 10 heteroatoms. The quantitative estimate of drug-likeness (QED) is 0.586. The largest absolute Gasteiger partial charge is 0.451 e. The monoisotopic (exact) mass is 418 g/mol. The predicted octanol–water partition coefficient (Wildman–Crippen LogP) is 0.263. The molecular formula is C20H26N4O6. The van der Waals surface area contributed by atoms with Gasteiger partial charge in [-0.1, -0.05) is 0 Å². The molecule has 0 aromatic carbocycles. The molecule has 3 N–H and O–H groups in total. The van der Waals surface area contributed by atoms with Crippen LogP contribution in [0.3, 0.4) is 0 Å². The predicted molar refractivity (Wildman–Crippen MR) is 104 cm³/mol. The van der Waals surface area contributed by atoms with Crippen molar-refractivity contribution in [3.63, 3.8) is 0 Å². The van der Waals surface area contributed by atoms with E-state index in [1.54, 1.807) is 0 Å². The lowest BCUT2D eigenvalue weighted by Gasteiger charge is -2.56. The van der Waals surface area contributed by atoms with Gasteiger partial charge >= 0.3 is 17.7 Å². The van der Waals surface area contributed by atoms with Crippen LogP contribution in [-0.4, -0.2) is 39.1 Å². The first-order valence-corrected chi connectivity index (χ1v) is 10.3. The highest BCUT2D eigenvalue weighted by atomic mass is 16.5. The van der Waals surface area contributed by atoms with Crippen LogP contribution in [0.25, 0.3) is 0 Å². The van der Waals surface area contributed by atoms with E-state index in [0.29, 0.717) is 17.8 Å². The number of imide groups is 1. The second kappa shape index (κ2) is 7.73. The van der Waals surface area contributed by atoms with Crippen molar-refractivity contribution in [3.05, 3.63) is 33.1 Å². The number of carbonyl (C=O) groups excluding carboxylic acids is 3. The molecule has 0 aliphatic heterocycles. The van der Waals surface area contributed by atoms with Gasteiger partial charge in [0.15, 0.2) is 6.10 Å². The normalized spacial score (nSPS) is 29.8. The summed E-state index contributed by atoms with van der Waals surface area (Å²) >= 11 is 0. The standard InChI is InChI=1S/C20H26N4O6/c1-11(30-16(26)10-24-3-2-15(25)21-19(24)29)17(27)22-18(28)23-20-7-12-4-13(8-20)6-14(5-12)9-20/h2-3,11-14H,4-10H2,1H3,(H,21,25,29)(H2,22,23,27,28)/t11-,12?,13?,14?,20?/m1/s1. The van der Waals surface area contributed by atoms with Crippen LogP contribution in [0, 0.1) is 17.8 Å². The van der Waals surface area contributed by atoms with Crippen molar-refractivity contribution in [1.29, 1.82) is 0 Å². The number of esters is 1. The third kappa shape index (κ3) is 4.31. The number of nitrogens with zero attached hydrogens (tertiary/aromatic N) is 1. The number of H-pyrrole nitrogens is 1. The van der Waals surface area contributed by atoms with Crippen LogP contribution in [0.5, 0.6) is 0 Å². The molecule has 0 unspecified atom stereocenters. The molecule has 1 aromatic heterocycles. The summed E-state index contributed by atoms with van der Waals surface area (Å²) in [5.74, 6) is 0.392. The van der Waals surface area contributed by atoms with Gasteiger partial charge in [0.1, 0.15) is 6.54 Å². The van der Waals surface area contributed by atoms with E-state index in [-0.39, 0.29) is 5.54 Å². The number of carbonyl (C=O) groups is 3. The lowest BCUT2D eigenvalue weighted by Crippen LogP contribution is -2.62. The molecule has 10 nitrogen and oxygen atoms in total. The van der Waals surface area contributed by atoms with Gasteiger partial charge < -0.3 is 10.1 Å². The Labute approximate surface area is 172 Å². The maximum Gasteiger partial charge on any atom is 0.328 e. The van der Waals surface area contributed by atoms with E-state index < -0.39 is 41.8 Å². The number of aromatic amines is 1. The van der Waals surface area contributed by atoms with Crippen molar-refractivity contribution in [3.8, 4) is 0 Å². The van der Waals surface area contributed by atoms with Gasteiger partial charge in [-0.15, -0.1) is 0 Å². The van der Waals surface area contributed by atoms with Crippen LogP contribution < -0.4 is 21.9 Å². The fourth-order valence-electron chi connectivity index (χ4n) is 5.75. The average molecular weight is 418 g/mol. The number of hydrogen-bond acceptors (Lipinski definition) is 6. The van der Waals surface area contributed by atoms with Gasteiger partial charge in [0.2, 0.25) is 0 Å². The first-order chi connectivity index (χ1) is 14.2. The summed E-state index contributed by atoms with van der Waals surface area (Å²) in [6, 6.07) is 0.529. The molecule has 0 spiro atoms. The summed E-state index contributed by atoms with van der Waals surface area (Å²) in [6.45, 7) is 0.883. The molecule has 4 bridgehead atoms. The van der Waals surface area contributed by atoms with Crippen LogP contribution in [-0.2, 0) is 20.9 Å². The SMILES string of the molecule is C[C@@H](OC(=O)Cn1ccc(=O)[nH]c1=O)C(=O)NC(=O)NC12CC3CC(CC(C3)C1)C2. The molecule has 1 aromatic rings. The Balaban J connectivity index is 1.28. The second-order valence-corrected chi connectivity index (χ2v) is 9.01. The molecule has 1 heterocycles. The van der Waals surface area contributed by atoms with Gasteiger partial charge in [0.25, 0.3) is 11.5 Å². The summed E-state index contributed by atoms with van der Waals surface area (Å²) in [7, 11) is 0. The molecule has 5 rings (SSSR count). The Hall–Kier alpha value is -2.91. The van der Waals surface area contributed by atoms with Gasteiger partial charge in [-0.3, -0.25) is 29.3 Å². The maximum atomic E-state index is 12.4. The number of urea groups is 1. The molecule has 3 amide bonds. The fourth-order valence-corrected chi connectivity index (χ4v) is 5.75. The zero-order valence-corrected chi connectivity index (χ0v) is 16.8. The molecule has 0 saturated heterocycles. The number of ether oxygens (including phenoxy) is 1. The molecule has 30 heavy (non-hydrogen) atoms. The summed E-state index contributed by atoms with van der Waals surface area (Å²) in [5.41, 5.74) is -1.57. The summed E-state index contributed by atoms with van der Waals surface area (Å²) < 4.78 is 5.97. The molecule has 4 aliphatic carbocycles. The first kappa shape index (κ1) is 20.4. The van der Waals surface area contributed by atoms with E-state index in [2.05, 4.69) is 10.6 Å². The van der Waals surface area contributed by atoms with Crippen LogP contribution >= 0.6 is 0 Å². The van der Waals surface area contributed by atoms with Crippen molar-refractivity contribution in [1.82, 2.24) is 20.2 Å². The van der Waals surface area contributed by atoms with E-state index >= 15 is 0 Å². The van der Waals surface area contributed by atoms with Crippen molar-refractivity contribution < 1.29 is 19.1 Å². The van der Waals surface area contributed by atoms with E-state index in [0.717, 1.165) is 36.1 Å². The maximum absolute atomic E-state index is 12.4. The smallest absolute Gasteiger partial charge is 0.328 e. The van der Waals surface area contributed by atoms with Gasteiger partial charge in [-0.05, 0) is 63.2 Å². The highest BCUT2D eigenvalue weighted by Crippen LogP contribution is 2.55. The van der Waals surface area contributed by atoms with E-state index in [1.807, 2.05) is 4.98 Å². The van der Waals surface area contributed by atoms with Crippen LogP contribution in [0.15, 0.2) is 21.9 Å². The molecule has 1 atom stereocenters. The summed E-state index contributed by atoms with van der Waals surface area (Å²) in [6.07, 6.45) is 6.55. The van der Waals surface area contributed by atoms with E-state index in [9.17, 15) is 24.0 Å². The van der Waals surface area contributed by atoms with Gasteiger partial charge in [0.05, 0.1) is 0 Å². The van der Waals surface area contributed by atoms with E-state index in [1.165, 1.54) is 26.2 Å². The molecule has 0 radical (unpaired) electrons. The van der Waals surface area contributed by atoms with Crippen molar-refractivity contribution >= 4 is 17.9 Å². The highest BCUT2D eigenvalue weighted by Gasteiger charge is 2.51. The van der Waals surface area contributed by atoms with Crippen LogP contribution in [0.2, 0.25) is 0 Å². The first-order valence-electron chi connectivity index (χ1n) is 10.3. The molecular weight excluding hydrogens is 392 g/mol. The molecule has 4 saturated carbocycles. The fraction of sp³-hybridized carbons (Fsp3) is 0.650. The zero-order chi connectivity index (χ0) is 21.5. The van der Waals surface area contributed by atoms with Gasteiger partial charge in [-0.2, -0.15) is 0 Å². The van der Waals surface area contributed by atoms with Crippen molar-refractivity contribution in [2.24, 2.45) is 17.8 Å². The Bertz CT molecular complexity index is 945. The minimum atomic E-state index is -1.21. The van der Waals surface area contributed by atoms with E-state index in [4.69, 9.17) is 4.74 Å². The molecule has 4 aliphatic rings. The summed E-state index contributed by atoms with van der Waals surface area (Å²) in [4.78, 5) is 61.4. The Morgan fingerprint density at radius 1 is 1.17 bits per heavy atom. The van der Waals surface area contributed by atoms with Crippen molar-refractivity contribution in [2.75, 3.05) is 0 Å². The highest BCUT2D eigenvalue weighted by molar-refractivity contribution is 5.97. The minimum Gasteiger partial charge on any atom is -0.451 e. The lowest BCUT2D eigenvalue weighted by atomic mass is 9.53. The van der Waals surface area contributed by atoms with Crippen LogP contribution in [0.4, 0.5) is 4.79 Å². The topological polar surface area (TPSA) is 139 Å². The lowest BCUT2D eigenvalue weighted by molar-refractivity contribution is -0.155. The molecule has 162 valence electrons. The number of rotatable bonds is 5. The summed E-state index contributed by atoms with van der Waals surface area (Å²) in [5, 5.41) is 5.29. The number of aromatic nitrogens is 2. The van der Waals surface area contributed by atoms with Crippen molar-refractivity contribution in [2.45, 2.75) is 63.6 Å². The van der Waals surface area contributed by atoms with Gasteiger partial charge in [0, 0.05) is 17.8 Å². The third-order valence-electron chi connectivity index (χ3n) is 6.53. The number of nitrogens with one attached hydrogen (secondary N) is 3.